The van der Waals surface area contributed by atoms with E-state index >= 15 is 0 Å². The largest absolute Gasteiger partial charge is 0.396 e. The van der Waals surface area contributed by atoms with Crippen molar-refractivity contribution in [2.45, 2.75) is 25.7 Å². The Morgan fingerprint density at radius 2 is 1.92 bits per heavy atom. The van der Waals surface area contributed by atoms with Crippen molar-refractivity contribution in [3.05, 3.63) is 17.3 Å². The lowest BCUT2D eigenvalue weighted by Crippen LogP contribution is -2.09. The van der Waals surface area contributed by atoms with Crippen molar-refractivity contribution in [2.24, 2.45) is 0 Å². The summed E-state index contributed by atoms with van der Waals surface area (Å²) in [6, 6.07) is 1.97. The van der Waals surface area contributed by atoms with E-state index in [4.69, 9.17) is 11.5 Å². The fourth-order valence-electron chi connectivity index (χ4n) is 1.67. The number of nitrogens with zero attached hydrogens (tertiary/aromatic N) is 1. The second kappa shape index (κ2) is 2.66. The number of nitrogen functional groups attached to an aromatic ring is 2. The van der Waals surface area contributed by atoms with Crippen LogP contribution in [-0.4, -0.2) is 4.98 Å². The normalized spacial score (nSPS) is 15.7. The van der Waals surface area contributed by atoms with Crippen LogP contribution in [0.25, 0.3) is 0 Å². The summed E-state index contributed by atoms with van der Waals surface area (Å²) in [5.74, 6) is 0.482. The third-order valence-corrected chi connectivity index (χ3v) is 2.36. The second-order valence-corrected chi connectivity index (χ2v) is 3.28. The average molecular weight is 163 g/mol. The van der Waals surface area contributed by atoms with Crippen LogP contribution in [0.15, 0.2) is 6.07 Å². The van der Waals surface area contributed by atoms with Gasteiger partial charge in [-0.3, -0.25) is 0 Å². The van der Waals surface area contributed by atoms with Gasteiger partial charge in [-0.05, 0) is 37.3 Å². The lowest BCUT2D eigenvalue weighted by atomic mass is 9.96. The number of pyridine rings is 1. The first-order valence-corrected chi connectivity index (χ1v) is 4.31. The molecule has 0 bridgehead atoms. The molecule has 0 spiro atoms. The van der Waals surface area contributed by atoms with Gasteiger partial charge < -0.3 is 11.5 Å². The Labute approximate surface area is 71.8 Å². The van der Waals surface area contributed by atoms with E-state index in [1.807, 2.05) is 6.07 Å². The van der Waals surface area contributed by atoms with Crippen LogP contribution in [0.3, 0.4) is 0 Å². The van der Waals surface area contributed by atoms with Crippen molar-refractivity contribution < 1.29 is 0 Å². The smallest absolute Gasteiger partial charge is 0.146 e. The molecule has 0 aliphatic heterocycles. The Kier molecular flexibility index (Phi) is 1.64. The quantitative estimate of drug-likeness (QED) is 0.602. The molecule has 0 fully saturated rings. The molecule has 64 valence electrons. The number of aryl methyl sites for hydroxylation is 2. The number of rotatable bonds is 0. The summed E-state index contributed by atoms with van der Waals surface area (Å²) in [7, 11) is 0. The van der Waals surface area contributed by atoms with Crippen molar-refractivity contribution in [3.8, 4) is 0 Å². The minimum atomic E-state index is 0.482. The van der Waals surface area contributed by atoms with E-state index in [2.05, 4.69) is 4.98 Å². The molecule has 12 heavy (non-hydrogen) atoms. The van der Waals surface area contributed by atoms with Gasteiger partial charge in [-0.1, -0.05) is 0 Å². The fraction of sp³-hybridized carbons (Fsp3) is 0.444. The van der Waals surface area contributed by atoms with Crippen LogP contribution in [0.1, 0.15) is 24.1 Å². The Morgan fingerprint density at radius 3 is 2.75 bits per heavy atom. The first-order chi connectivity index (χ1) is 5.77. The molecule has 2 rings (SSSR count). The zero-order chi connectivity index (χ0) is 8.55. The molecule has 0 unspecified atom stereocenters. The van der Waals surface area contributed by atoms with Crippen molar-refractivity contribution in [1.29, 1.82) is 0 Å². The van der Waals surface area contributed by atoms with Crippen molar-refractivity contribution in [3.63, 3.8) is 0 Å². The molecule has 0 saturated carbocycles. The maximum Gasteiger partial charge on any atom is 0.146 e. The van der Waals surface area contributed by atoms with E-state index in [0.717, 1.165) is 18.5 Å². The molecule has 0 aromatic carbocycles. The lowest BCUT2D eigenvalue weighted by Gasteiger charge is -2.15. The molecule has 4 N–H and O–H groups in total. The molecular weight excluding hydrogens is 150 g/mol. The summed E-state index contributed by atoms with van der Waals surface area (Å²) < 4.78 is 0. The molecule has 1 aromatic heterocycles. The number of aromatic nitrogens is 1. The molecule has 0 radical (unpaired) electrons. The predicted molar refractivity (Wildman–Crippen MR) is 49.7 cm³/mol. The first kappa shape index (κ1) is 7.40. The van der Waals surface area contributed by atoms with Crippen LogP contribution < -0.4 is 11.5 Å². The van der Waals surface area contributed by atoms with Gasteiger partial charge in [0.1, 0.15) is 5.82 Å². The van der Waals surface area contributed by atoms with Gasteiger partial charge in [0, 0.05) is 5.69 Å². The van der Waals surface area contributed by atoms with E-state index in [0.29, 0.717) is 11.5 Å². The van der Waals surface area contributed by atoms with Crippen LogP contribution >= 0.6 is 0 Å². The highest BCUT2D eigenvalue weighted by atomic mass is 14.9. The van der Waals surface area contributed by atoms with Gasteiger partial charge in [-0.2, -0.15) is 0 Å². The fourth-order valence-corrected chi connectivity index (χ4v) is 1.67. The summed E-state index contributed by atoms with van der Waals surface area (Å²) in [5, 5.41) is 0. The highest BCUT2D eigenvalue weighted by Crippen LogP contribution is 2.24. The predicted octanol–water partition coefficient (Wildman–Crippen LogP) is 1.12. The number of hydrogen-bond acceptors (Lipinski definition) is 3. The molecule has 0 atom stereocenters. The molecule has 3 heteroatoms. The van der Waals surface area contributed by atoms with Crippen LogP contribution in [0, 0.1) is 0 Å². The first-order valence-electron chi connectivity index (χ1n) is 4.31. The van der Waals surface area contributed by atoms with E-state index in [-0.39, 0.29) is 0 Å². The summed E-state index contributed by atoms with van der Waals surface area (Å²) in [5.41, 5.74) is 14.3. The van der Waals surface area contributed by atoms with Crippen molar-refractivity contribution in [1.82, 2.24) is 4.98 Å². The Balaban J connectivity index is 2.49. The second-order valence-electron chi connectivity index (χ2n) is 3.28. The SMILES string of the molecule is Nc1cc2c(nc1N)CCCC2. The molecule has 1 aliphatic rings. The minimum absolute atomic E-state index is 0.482. The third-order valence-electron chi connectivity index (χ3n) is 2.36. The van der Waals surface area contributed by atoms with Crippen LogP contribution in [0.4, 0.5) is 11.5 Å². The average Bonchev–Trinajstić information content (AvgIpc) is 2.07. The van der Waals surface area contributed by atoms with Gasteiger partial charge in [-0.25, -0.2) is 4.98 Å². The van der Waals surface area contributed by atoms with E-state index in [1.165, 1.54) is 18.4 Å². The van der Waals surface area contributed by atoms with Gasteiger partial charge in [-0.15, -0.1) is 0 Å². The highest BCUT2D eigenvalue weighted by Gasteiger charge is 2.11. The highest BCUT2D eigenvalue weighted by molar-refractivity contribution is 5.60. The maximum atomic E-state index is 5.66. The Morgan fingerprint density at radius 1 is 1.17 bits per heavy atom. The number of hydrogen-bond donors (Lipinski definition) is 2. The van der Waals surface area contributed by atoms with Gasteiger partial charge in [0.25, 0.3) is 0 Å². The number of anilines is 2. The van der Waals surface area contributed by atoms with Gasteiger partial charge in [0.05, 0.1) is 5.69 Å². The molecular formula is C9H13N3. The molecule has 0 amide bonds. The Bertz CT molecular complexity index is 276. The molecule has 3 nitrogen and oxygen atoms in total. The molecule has 1 aliphatic carbocycles. The van der Waals surface area contributed by atoms with Crippen molar-refractivity contribution >= 4 is 11.5 Å². The summed E-state index contributed by atoms with van der Waals surface area (Å²) in [6.07, 6.45) is 4.63. The third kappa shape index (κ3) is 1.11. The van der Waals surface area contributed by atoms with Crippen LogP contribution in [0.5, 0.6) is 0 Å². The van der Waals surface area contributed by atoms with Crippen LogP contribution in [0.2, 0.25) is 0 Å². The Hall–Kier alpha value is -1.25. The summed E-state index contributed by atoms with van der Waals surface area (Å²) >= 11 is 0. The lowest BCUT2D eigenvalue weighted by molar-refractivity contribution is 0.669. The standard InChI is InChI=1S/C9H13N3/c10-7-5-6-3-1-2-4-8(6)12-9(7)11/h5H,1-4,10H2,(H2,11,12). The zero-order valence-corrected chi connectivity index (χ0v) is 7.01. The monoisotopic (exact) mass is 163 g/mol. The van der Waals surface area contributed by atoms with Crippen molar-refractivity contribution in [2.75, 3.05) is 11.5 Å². The zero-order valence-electron chi connectivity index (χ0n) is 7.01. The number of fused-ring (bicyclic) bond motifs is 1. The number of nitrogens with two attached hydrogens (primary N) is 2. The van der Waals surface area contributed by atoms with Gasteiger partial charge >= 0.3 is 0 Å². The maximum absolute atomic E-state index is 5.66. The minimum Gasteiger partial charge on any atom is -0.396 e. The molecule has 1 aromatic rings. The molecule has 0 saturated heterocycles. The summed E-state index contributed by atoms with van der Waals surface area (Å²) in [4.78, 5) is 4.27. The van der Waals surface area contributed by atoms with E-state index < -0.39 is 0 Å². The summed E-state index contributed by atoms with van der Waals surface area (Å²) in [6.45, 7) is 0. The molecule has 1 heterocycles. The van der Waals surface area contributed by atoms with Gasteiger partial charge in [0.2, 0.25) is 0 Å². The van der Waals surface area contributed by atoms with Crippen LogP contribution in [-0.2, 0) is 12.8 Å². The van der Waals surface area contributed by atoms with Gasteiger partial charge in [0.15, 0.2) is 0 Å². The van der Waals surface area contributed by atoms with E-state index in [9.17, 15) is 0 Å². The van der Waals surface area contributed by atoms with E-state index in [1.54, 1.807) is 0 Å². The topological polar surface area (TPSA) is 64.9 Å².